The summed E-state index contributed by atoms with van der Waals surface area (Å²) in [5.74, 6) is 0.415. The molecule has 0 bridgehead atoms. The molecule has 0 heterocycles. The zero-order valence-corrected chi connectivity index (χ0v) is 13.7. The van der Waals surface area contributed by atoms with Crippen LogP contribution in [0.5, 0.6) is 0 Å². The normalized spacial score (nSPS) is 26.3. The summed E-state index contributed by atoms with van der Waals surface area (Å²) < 4.78 is 10.9. The van der Waals surface area contributed by atoms with Gasteiger partial charge in [-0.1, -0.05) is 19.8 Å². The number of carbonyl (C=O) groups excluding carboxylic acids is 1. The van der Waals surface area contributed by atoms with Crippen LogP contribution in [0, 0.1) is 5.92 Å². The average molecular weight is 285 g/mol. The van der Waals surface area contributed by atoms with Gasteiger partial charge in [0.05, 0.1) is 13.2 Å². The molecule has 1 N–H and O–H groups in total. The van der Waals surface area contributed by atoms with E-state index in [2.05, 4.69) is 12.2 Å². The predicted octanol–water partition coefficient (Wildman–Crippen LogP) is 2.90. The smallest absolute Gasteiger partial charge is 0.325 e. The lowest BCUT2D eigenvalue weighted by atomic mass is 9.88. The van der Waals surface area contributed by atoms with Gasteiger partial charge in [0.25, 0.3) is 0 Å². The second kappa shape index (κ2) is 7.99. The molecule has 118 valence electrons. The van der Waals surface area contributed by atoms with Crippen molar-refractivity contribution in [2.45, 2.75) is 77.5 Å². The molecule has 1 rings (SSSR count). The molecule has 4 heteroatoms. The minimum atomic E-state index is -0.666. The van der Waals surface area contributed by atoms with Gasteiger partial charge in [-0.2, -0.15) is 0 Å². The number of rotatable bonds is 7. The summed E-state index contributed by atoms with van der Waals surface area (Å²) in [5, 5.41) is 3.30. The van der Waals surface area contributed by atoms with Crippen molar-refractivity contribution in [1.29, 1.82) is 0 Å². The van der Waals surface area contributed by atoms with Crippen LogP contribution in [0.1, 0.15) is 59.8 Å². The number of methoxy groups -OCH3 is 1. The predicted molar refractivity (Wildman–Crippen MR) is 80.7 cm³/mol. The standard InChI is InChI=1S/C16H31NO3/c1-12(2)17-16(4,15(18)19-5)10-11-20-14-9-7-6-8-13(14)3/h12-14,17H,6-11H2,1-5H3. The molecule has 1 aliphatic carbocycles. The van der Waals surface area contributed by atoms with Crippen LogP contribution < -0.4 is 5.32 Å². The van der Waals surface area contributed by atoms with Crippen LogP contribution in [-0.2, 0) is 14.3 Å². The van der Waals surface area contributed by atoms with Gasteiger partial charge in [-0.25, -0.2) is 0 Å². The first kappa shape index (κ1) is 17.4. The third kappa shape index (κ3) is 5.06. The van der Waals surface area contributed by atoms with Gasteiger partial charge in [-0.05, 0) is 46.0 Å². The summed E-state index contributed by atoms with van der Waals surface area (Å²) >= 11 is 0. The monoisotopic (exact) mass is 285 g/mol. The highest BCUT2D eigenvalue weighted by atomic mass is 16.5. The number of hydrogen-bond acceptors (Lipinski definition) is 4. The molecule has 20 heavy (non-hydrogen) atoms. The van der Waals surface area contributed by atoms with Gasteiger partial charge < -0.3 is 9.47 Å². The third-order valence-electron chi connectivity index (χ3n) is 4.21. The van der Waals surface area contributed by atoms with Gasteiger partial charge >= 0.3 is 5.97 Å². The Bertz CT molecular complexity index is 306. The van der Waals surface area contributed by atoms with Crippen LogP contribution in [0.2, 0.25) is 0 Å². The molecule has 0 amide bonds. The van der Waals surface area contributed by atoms with Crippen LogP contribution in [-0.4, -0.2) is 37.4 Å². The van der Waals surface area contributed by atoms with Crippen molar-refractivity contribution >= 4 is 5.97 Å². The fourth-order valence-electron chi connectivity index (χ4n) is 3.04. The summed E-state index contributed by atoms with van der Waals surface area (Å²) in [7, 11) is 1.44. The van der Waals surface area contributed by atoms with E-state index in [1.165, 1.54) is 26.4 Å². The molecule has 0 saturated heterocycles. The van der Waals surface area contributed by atoms with Crippen molar-refractivity contribution in [2.75, 3.05) is 13.7 Å². The summed E-state index contributed by atoms with van der Waals surface area (Å²) in [4.78, 5) is 12.0. The molecule has 1 aliphatic rings. The number of hydrogen-bond donors (Lipinski definition) is 1. The molecule has 0 spiro atoms. The largest absolute Gasteiger partial charge is 0.468 e. The molecule has 3 atom stereocenters. The molecule has 4 nitrogen and oxygen atoms in total. The Balaban J connectivity index is 2.47. The van der Waals surface area contributed by atoms with E-state index in [0.717, 1.165) is 6.42 Å². The fourth-order valence-corrected chi connectivity index (χ4v) is 3.04. The molecule has 0 radical (unpaired) electrons. The lowest BCUT2D eigenvalue weighted by Crippen LogP contribution is -2.53. The quantitative estimate of drug-likeness (QED) is 0.731. The Morgan fingerprint density at radius 3 is 2.55 bits per heavy atom. The van der Waals surface area contributed by atoms with Crippen molar-refractivity contribution in [3.8, 4) is 0 Å². The van der Waals surface area contributed by atoms with E-state index in [0.29, 0.717) is 25.0 Å². The highest BCUT2D eigenvalue weighted by Gasteiger charge is 2.35. The Morgan fingerprint density at radius 2 is 2.00 bits per heavy atom. The maximum absolute atomic E-state index is 12.0. The van der Waals surface area contributed by atoms with E-state index in [9.17, 15) is 4.79 Å². The summed E-state index contributed by atoms with van der Waals surface area (Å²) in [6, 6.07) is 0.229. The van der Waals surface area contributed by atoms with Crippen molar-refractivity contribution < 1.29 is 14.3 Å². The highest BCUT2D eigenvalue weighted by molar-refractivity contribution is 5.80. The maximum atomic E-state index is 12.0. The molecular weight excluding hydrogens is 254 g/mol. The van der Waals surface area contributed by atoms with E-state index < -0.39 is 5.54 Å². The van der Waals surface area contributed by atoms with Gasteiger partial charge in [0.2, 0.25) is 0 Å². The molecule has 0 aromatic carbocycles. The van der Waals surface area contributed by atoms with Crippen LogP contribution in [0.3, 0.4) is 0 Å². The topological polar surface area (TPSA) is 47.6 Å². The van der Waals surface area contributed by atoms with Crippen molar-refractivity contribution in [3.05, 3.63) is 0 Å². The summed E-state index contributed by atoms with van der Waals surface area (Å²) in [6.45, 7) is 8.82. The summed E-state index contributed by atoms with van der Waals surface area (Å²) in [5.41, 5.74) is -0.666. The molecule has 0 aromatic heterocycles. The molecule has 0 aliphatic heterocycles. The van der Waals surface area contributed by atoms with Gasteiger partial charge in [-0.15, -0.1) is 0 Å². The van der Waals surface area contributed by atoms with Crippen LogP contribution in [0.4, 0.5) is 0 Å². The minimum absolute atomic E-state index is 0.216. The fraction of sp³-hybridized carbons (Fsp3) is 0.938. The van der Waals surface area contributed by atoms with E-state index >= 15 is 0 Å². The van der Waals surface area contributed by atoms with Gasteiger partial charge in [0.15, 0.2) is 0 Å². The zero-order chi connectivity index (χ0) is 15.2. The zero-order valence-electron chi connectivity index (χ0n) is 13.7. The Hall–Kier alpha value is -0.610. The minimum Gasteiger partial charge on any atom is -0.468 e. The number of nitrogens with one attached hydrogen (secondary N) is 1. The van der Waals surface area contributed by atoms with Gasteiger partial charge in [-0.3, -0.25) is 10.1 Å². The lowest BCUT2D eigenvalue weighted by Gasteiger charge is -2.33. The Kier molecular flexibility index (Phi) is 6.96. The van der Waals surface area contributed by atoms with Gasteiger partial charge in [0, 0.05) is 12.6 Å². The second-order valence-electron chi connectivity index (χ2n) is 6.54. The first-order valence-corrected chi connectivity index (χ1v) is 7.86. The van der Waals surface area contributed by atoms with E-state index in [-0.39, 0.29) is 12.0 Å². The summed E-state index contributed by atoms with van der Waals surface area (Å²) in [6.07, 6.45) is 5.96. The first-order valence-electron chi connectivity index (χ1n) is 7.86. The van der Waals surface area contributed by atoms with E-state index in [1.807, 2.05) is 20.8 Å². The SMILES string of the molecule is COC(=O)C(C)(CCOC1CCCCC1C)NC(C)C. The van der Waals surface area contributed by atoms with Crippen molar-refractivity contribution in [3.63, 3.8) is 0 Å². The third-order valence-corrected chi connectivity index (χ3v) is 4.21. The Morgan fingerprint density at radius 1 is 1.35 bits per heavy atom. The van der Waals surface area contributed by atoms with Crippen LogP contribution in [0.25, 0.3) is 0 Å². The maximum Gasteiger partial charge on any atom is 0.325 e. The molecule has 3 unspecified atom stereocenters. The van der Waals surface area contributed by atoms with Crippen molar-refractivity contribution in [2.24, 2.45) is 5.92 Å². The van der Waals surface area contributed by atoms with E-state index in [4.69, 9.17) is 9.47 Å². The lowest BCUT2D eigenvalue weighted by molar-refractivity contribution is -0.149. The van der Waals surface area contributed by atoms with Crippen LogP contribution >= 0.6 is 0 Å². The van der Waals surface area contributed by atoms with E-state index in [1.54, 1.807) is 0 Å². The molecule has 0 aromatic rings. The second-order valence-corrected chi connectivity index (χ2v) is 6.54. The Labute approximate surface area is 123 Å². The van der Waals surface area contributed by atoms with Crippen LogP contribution in [0.15, 0.2) is 0 Å². The number of esters is 1. The van der Waals surface area contributed by atoms with Crippen molar-refractivity contribution in [1.82, 2.24) is 5.32 Å². The van der Waals surface area contributed by atoms with Gasteiger partial charge in [0.1, 0.15) is 5.54 Å². The average Bonchev–Trinajstić information content (AvgIpc) is 2.39. The first-order chi connectivity index (χ1) is 9.39. The molecule has 1 saturated carbocycles. The molecular formula is C16H31NO3. The molecule has 1 fully saturated rings. The number of ether oxygens (including phenoxy) is 2. The number of carbonyl (C=O) groups is 1. The highest BCUT2D eigenvalue weighted by Crippen LogP contribution is 2.27.